The van der Waals surface area contributed by atoms with Gasteiger partial charge in [0.15, 0.2) is 0 Å². The first-order valence-corrected chi connectivity index (χ1v) is 11.9. The van der Waals surface area contributed by atoms with Gasteiger partial charge < -0.3 is 0 Å². The van der Waals surface area contributed by atoms with Crippen LogP contribution in [0.15, 0.2) is 18.7 Å². The molecule has 0 atom stereocenters. The summed E-state index contributed by atoms with van der Waals surface area (Å²) in [6.45, 7) is 6.91. The molecule has 0 saturated carbocycles. The number of hydrogen-bond acceptors (Lipinski definition) is 0. The molecule has 0 radical (unpaired) electrons. The smallest absolute Gasteiger partial charge is 0.237 e. The number of hydrogen-bond donors (Lipinski definition) is 0. The Bertz CT molecular complexity index is 397. The SMILES string of the molecule is CCCCCCCCCCCCCCCCC[n+]1ccn(CCCC)c1. The van der Waals surface area contributed by atoms with E-state index in [-0.39, 0.29) is 0 Å². The zero-order valence-corrected chi connectivity index (χ0v) is 18.1. The van der Waals surface area contributed by atoms with Gasteiger partial charge in [0.25, 0.3) is 0 Å². The Morgan fingerprint density at radius 2 is 1.04 bits per heavy atom. The zero-order chi connectivity index (χ0) is 18.7. The average molecular weight is 364 g/mol. The van der Waals surface area contributed by atoms with Crippen molar-refractivity contribution in [1.29, 1.82) is 0 Å². The third-order valence-electron chi connectivity index (χ3n) is 5.54. The summed E-state index contributed by atoms with van der Waals surface area (Å²) in [7, 11) is 0. The quantitative estimate of drug-likeness (QED) is 0.178. The highest BCUT2D eigenvalue weighted by molar-refractivity contribution is 4.65. The van der Waals surface area contributed by atoms with Crippen LogP contribution >= 0.6 is 0 Å². The molecule has 0 aliphatic carbocycles. The second kappa shape index (κ2) is 17.6. The third kappa shape index (κ3) is 13.4. The Morgan fingerprint density at radius 1 is 0.577 bits per heavy atom. The first-order valence-electron chi connectivity index (χ1n) is 11.9. The molecule has 1 rings (SSSR count). The summed E-state index contributed by atoms with van der Waals surface area (Å²) in [5.74, 6) is 0. The lowest BCUT2D eigenvalue weighted by Gasteiger charge is -2.03. The molecule has 0 saturated heterocycles. The Labute approximate surface area is 164 Å². The fourth-order valence-corrected chi connectivity index (χ4v) is 3.71. The van der Waals surface area contributed by atoms with Crippen LogP contribution in [0.4, 0.5) is 0 Å². The van der Waals surface area contributed by atoms with Gasteiger partial charge >= 0.3 is 0 Å². The van der Waals surface area contributed by atoms with Gasteiger partial charge in [-0.05, 0) is 19.3 Å². The normalized spacial score (nSPS) is 11.3. The fraction of sp³-hybridized carbons (Fsp3) is 0.875. The second-order valence-corrected chi connectivity index (χ2v) is 8.19. The number of aromatic nitrogens is 2. The van der Waals surface area contributed by atoms with Gasteiger partial charge in [-0.3, -0.25) is 0 Å². The molecule has 2 nitrogen and oxygen atoms in total. The van der Waals surface area contributed by atoms with Gasteiger partial charge in [-0.25, -0.2) is 9.13 Å². The molecule has 0 N–H and O–H groups in total. The van der Waals surface area contributed by atoms with Crippen LogP contribution in [-0.2, 0) is 13.1 Å². The lowest BCUT2D eigenvalue weighted by molar-refractivity contribution is -0.696. The van der Waals surface area contributed by atoms with Gasteiger partial charge in [0.2, 0.25) is 6.33 Å². The van der Waals surface area contributed by atoms with Gasteiger partial charge in [0.05, 0.1) is 13.1 Å². The van der Waals surface area contributed by atoms with Gasteiger partial charge in [-0.2, -0.15) is 0 Å². The lowest BCUT2D eigenvalue weighted by Crippen LogP contribution is -2.30. The van der Waals surface area contributed by atoms with Crippen LogP contribution in [0.5, 0.6) is 0 Å². The molecule has 1 heterocycles. The Morgan fingerprint density at radius 3 is 1.54 bits per heavy atom. The van der Waals surface area contributed by atoms with Gasteiger partial charge in [-0.15, -0.1) is 0 Å². The third-order valence-corrected chi connectivity index (χ3v) is 5.54. The predicted octanol–water partition coefficient (Wildman–Crippen LogP) is 7.45. The van der Waals surface area contributed by atoms with Crippen molar-refractivity contribution in [2.24, 2.45) is 0 Å². The molecule has 0 aliphatic heterocycles. The van der Waals surface area contributed by atoms with E-state index < -0.39 is 0 Å². The highest BCUT2D eigenvalue weighted by atomic mass is 15.1. The van der Waals surface area contributed by atoms with Crippen molar-refractivity contribution in [1.82, 2.24) is 4.57 Å². The van der Waals surface area contributed by atoms with Gasteiger partial charge in [-0.1, -0.05) is 104 Å². The van der Waals surface area contributed by atoms with E-state index >= 15 is 0 Å². The molecule has 0 unspecified atom stereocenters. The van der Waals surface area contributed by atoms with Crippen LogP contribution in [0.2, 0.25) is 0 Å². The molecule has 0 bridgehead atoms. The molecule has 1 aromatic rings. The molecular weight excluding hydrogens is 316 g/mol. The van der Waals surface area contributed by atoms with Crippen LogP contribution in [0, 0.1) is 0 Å². The van der Waals surface area contributed by atoms with E-state index in [1.54, 1.807) is 0 Å². The maximum absolute atomic E-state index is 2.36. The maximum Gasteiger partial charge on any atom is 0.243 e. The van der Waals surface area contributed by atoms with E-state index in [0.29, 0.717) is 0 Å². The first kappa shape index (κ1) is 23.2. The Kier molecular flexibility index (Phi) is 15.8. The molecule has 152 valence electrons. The number of aryl methyl sites for hydroxylation is 2. The van der Waals surface area contributed by atoms with Crippen LogP contribution < -0.4 is 4.57 Å². The van der Waals surface area contributed by atoms with E-state index in [1.165, 1.54) is 122 Å². The van der Waals surface area contributed by atoms with Gasteiger partial charge in [0, 0.05) is 0 Å². The lowest BCUT2D eigenvalue weighted by atomic mass is 10.0. The van der Waals surface area contributed by atoms with Crippen LogP contribution in [0.25, 0.3) is 0 Å². The van der Waals surface area contributed by atoms with Crippen molar-refractivity contribution < 1.29 is 4.57 Å². The average Bonchev–Trinajstić information content (AvgIpc) is 3.11. The van der Waals surface area contributed by atoms with Crippen molar-refractivity contribution in [2.75, 3.05) is 0 Å². The molecule has 0 amide bonds. The topological polar surface area (TPSA) is 8.81 Å². The molecule has 1 aromatic heterocycles. The standard InChI is InChI=1S/C24H47N2/c1-3-5-7-8-9-10-11-12-13-14-15-16-17-18-19-21-26-23-22-25(24-26)20-6-4-2/h22-24H,3-21H2,1-2H3/q+1. The minimum Gasteiger partial charge on any atom is -0.237 e. The van der Waals surface area contributed by atoms with Crippen LogP contribution in [-0.4, -0.2) is 4.57 Å². The molecule has 0 aliphatic rings. The van der Waals surface area contributed by atoms with E-state index in [0.717, 1.165) is 0 Å². The summed E-state index contributed by atoms with van der Waals surface area (Å²) in [6, 6.07) is 0. The summed E-state index contributed by atoms with van der Waals surface area (Å²) in [5.41, 5.74) is 0. The number of rotatable bonds is 19. The summed E-state index contributed by atoms with van der Waals surface area (Å²) >= 11 is 0. The van der Waals surface area contributed by atoms with Crippen LogP contribution in [0.3, 0.4) is 0 Å². The van der Waals surface area contributed by atoms with E-state index in [2.05, 4.69) is 41.7 Å². The molecule has 0 aromatic carbocycles. The highest BCUT2D eigenvalue weighted by Crippen LogP contribution is 2.13. The second-order valence-electron chi connectivity index (χ2n) is 8.19. The van der Waals surface area contributed by atoms with Crippen molar-refractivity contribution in [3.8, 4) is 0 Å². The van der Waals surface area contributed by atoms with Gasteiger partial charge in [0.1, 0.15) is 12.4 Å². The van der Waals surface area contributed by atoms with E-state index in [1.807, 2.05) is 0 Å². The van der Waals surface area contributed by atoms with E-state index in [4.69, 9.17) is 0 Å². The largest absolute Gasteiger partial charge is 0.243 e. The summed E-state index contributed by atoms with van der Waals surface area (Å²) in [5, 5.41) is 0. The van der Waals surface area contributed by atoms with Crippen molar-refractivity contribution >= 4 is 0 Å². The highest BCUT2D eigenvalue weighted by Gasteiger charge is 2.02. The Hall–Kier alpha value is -0.790. The molecule has 0 fully saturated rings. The fourth-order valence-electron chi connectivity index (χ4n) is 3.71. The summed E-state index contributed by atoms with van der Waals surface area (Å²) in [6.07, 6.45) is 30.9. The number of nitrogens with zero attached hydrogens (tertiary/aromatic N) is 2. The molecule has 2 heteroatoms. The van der Waals surface area contributed by atoms with Crippen LogP contribution in [0.1, 0.15) is 123 Å². The molecule has 26 heavy (non-hydrogen) atoms. The summed E-state index contributed by atoms with van der Waals surface area (Å²) < 4.78 is 4.69. The molecular formula is C24H47N2+. The number of imidazole rings is 1. The minimum atomic E-state index is 1.17. The monoisotopic (exact) mass is 363 g/mol. The minimum absolute atomic E-state index is 1.17. The molecule has 0 spiro atoms. The van der Waals surface area contributed by atoms with E-state index in [9.17, 15) is 0 Å². The van der Waals surface area contributed by atoms with Crippen molar-refractivity contribution in [2.45, 2.75) is 136 Å². The van der Waals surface area contributed by atoms with Crippen molar-refractivity contribution in [3.63, 3.8) is 0 Å². The summed E-state index contributed by atoms with van der Waals surface area (Å²) in [4.78, 5) is 0. The first-order chi connectivity index (χ1) is 12.9. The zero-order valence-electron chi connectivity index (χ0n) is 18.1. The number of unbranched alkanes of at least 4 members (excludes halogenated alkanes) is 15. The maximum atomic E-state index is 2.36. The van der Waals surface area contributed by atoms with Crippen molar-refractivity contribution in [3.05, 3.63) is 18.7 Å². The predicted molar refractivity (Wildman–Crippen MR) is 114 cm³/mol. The Balaban J connectivity index is 1.79.